The van der Waals surface area contributed by atoms with Crippen molar-refractivity contribution in [1.29, 1.82) is 0 Å². The number of benzene rings is 2. The van der Waals surface area contributed by atoms with Crippen LogP contribution in [-0.4, -0.2) is 28.3 Å². The number of rotatable bonds is 5. The molecule has 1 aromatic heterocycles. The molecule has 3 aromatic rings. The standard InChI is InChI=1S/C22H26N6/c1-16-3-5-19(6-4-16)25-22-26-21(15-23-27-22)24-18-7-9-20(10-8-18)28-13-11-17(2)12-14-28/h3-10,15,17H,11-14H2,1-2H3,(H2,24,25,26,27). The molecule has 2 aromatic carbocycles. The van der Waals surface area contributed by atoms with Gasteiger partial charge in [0, 0.05) is 30.2 Å². The fraction of sp³-hybridized carbons (Fsp3) is 0.318. The summed E-state index contributed by atoms with van der Waals surface area (Å²) in [7, 11) is 0. The summed E-state index contributed by atoms with van der Waals surface area (Å²) in [5.41, 5.74) is 4.41. The maximum Gasteiger partial charge on any atom is 0.249 e. The van der Waals surface area contributed by atoms with Crippen LogP contribution in [-0.2, 0) is 0 Å². The van der Waals surface area contributed by atoms with Crippen LogP contribution in [0.2, 0.25) is 0 Å². The van der Waals surface area contributed by atoms with Crippen LogP contribution < -0.4 is 15.5 Å². The fourth-order valence-corrected chi connectivity index (χ4v) is 3.35. The summed E-state index contributed by atoms with van der Waals surface area (Å²) in [4.78, 5) is 6.96. The van der Waals surface area contributed by atoms with E-state index < -0.39 is 0 Å². The molecule has 0 saturated carbocycles. The Hall–Kier alpha value is -3.15. The number of piperidine rings is 1. The summed E-state index contributed by atoms with van der Waals surface area (Å²) in [6.07, 6.45) is 4.16. The van der Waals surface area contributed by atoms with E-state index in [0.717, 1.165) is 30.4 Å². The van der Waals surface area contributed by atoms with Crippen molar-refractivity contribution in [3.63, 3.8) is 0 Å². The maximum absolute atomic E-state index is 4.50. The number of anilines is 5. The highest BCUT2D eigenvalue weighted by molar-refractivity contribution is 5.62. The first-order chi connectivity index (χ1) is 13.7. The lowest BCUT2D eigenvalue weighted by molar-refractivity contribution is 0.438. The molecular weight excluding hydrogens is 348 g/mol. The van der Waals surface area contributed by atoms with Crippen LogP contribution in [0.25, 0.3) is 0 Å². The Bertz CT molecular complexity index is 899. The Morgan fingerprint density at radius 2 is 1.54 bits per heavy atom. The second-order valence-electron chi connectivity index (χ2n) is 7.50. The third kappa shape index (κ3) is 4.57. The van der Waals surface area contributed by atoms with Crippen LogP contribution in [0.5, 0.6) is 0 Å². The minimum absolute atomic E-state index is 0.466. The van der Waals surface area contributed by atoms with E-state index >= 15 is 0 Å². The molecule has 1 aliphatic rings. The molecule has 144 valence electrons. The summed E-state index contributed by atoms with van der Waals surface area (Å²) in [6.45, 7) is 6.67. The van der Waals surface area contributed by atoms with Crippen LogP contribution >= 0.6 is 0 Å². The number of aryl methyl sites for hydroxylation is 1. The lowest BCUT2D eigenvalue weighted by Gasteiger charge is -2.32. The molecule has 1 aliphatic heterocycles. The summed E-state index contributed by atoms with van der Waals surface area (Å²) < 4.78 is 0. The van der Waals surface area contributed by atoms with Gasteiger partial charge in [-0.2, -0.15) is 10.1 Å². The van der Waals surface area contributed by atoms with Crippen molar-refractivity contribution in [1.82, 2.24) is 15.2 Å². The topological polar surface area (TPSA) is 66.0 Å². The number of hydrogen-bond donors (Lipinski definition) is 2. The van der Waals surface area contributed by atoms with Crippen molar-refractivity contribution in [2.45, 2.75) is 26.7 Å². The lowest BCUT2D eigenvalue weighted by Crippen LogP contribution is -2.32. The van der Waals surface area contributed by atoms with Crippen LogP contribution in [0.1, 0.15) is 25.3 Å². The summed E-state index contributed by atoms with van der Waals surface area (Å²) in [5.74, 6) is 1.96. The molecule has 4 rings (SSSR count). The fourth-order valence-electron chi connectivity index (χ4n) is 3.35. The Balaban J connectivity index is 1.40. The van der Waals surface area contributed by atoms with Gasteiger partial charge in [0.25, 0.3) is 0 Å². The Labute approximate surface area is 166 Å². The van der Waals surface area contributed by atoms with E-state index in [2.05, 4.69) is 68.8 Å². The predicted octanol–water partition coefficient (Wildman–Crippen LogP) is 4.90. The van der Waals surface area contributed by atoms with Gasteiger partial charge in [-0.05, 0) is 62.1 Å². The molecule has 0 amide bonds. The number of nitrogens with one attached hydrogen (secondary N) is 2. The van der Waals surface area contributed by atoms with Crippen LogP contribution in [0, 0.1) is 12.8 Å². The SMILES string of the molecule is Cc1ccc(Nc2nncc(Nc3ccc(N4CCC(C)CC4)cc3)n2)cc1. The Morgan fingerprint density at radius 1 is 0.893 bits per heavy atom. The molecule has 1 saturated heterocycles. The van der Waals surface area contributed by atoms with Crippen LogP contribution in [0.15, 0.2) is 54.7 Å². The molecule has 2 heterocycles. The van der Waals surface area contributed by atoms with Gasteiger partial charge in [0.05, 0.1) is 6.20 Å². The number of aromatic nitrogens is 3. The Kier molecular flexibility index (Phi) is 5.37. The lowest BCUT2D eigenvalue weighted by atomic mass is 9.99. The average Bonchev–Trinajstić information content (AvgIpc) is 2.71. The average molecular weight is 374 g/mol. The first-order valence-electron chi connectivity index (χ1n) is 9.81. The van der Waals surface area contributed by atoms with Crippen molar-refractivity contribution in [2.75, 3.05) is 28.6 Å². The molecule has 0 unspecified atom stereocenters. The van der Waals surface area contributed by atoms with E-state index in [-0.39, 0.29) is 0 Å². The van der Waals surface area contributed by atoms with Gasteiger partial charge in [0.15, 0.2) is 5.82 Å². The highest BCUT2D eigenvalue weighted by Crippen LogP contribution is 2.25. The zero-order chi connectivity index (χ0) is 19.3. The zero-order valence-corrected chi connectivity index (χ0v) is 16.4. The van der Waals surface area contributed by atoms with E-state index in [1.54, 1.807) is 6.20 Å². The van der Waals surface area contributed by atoms with Crippen molar-refractivity contribution in [3.05, 3.63) is 60.3 Å². The van der Waals surface area contributed by atoms with Crippen LogP contribution in [0.4, 0.5) is 28.8 Å². The zero-order valence-electron chi connectivity index (χ0n) is 16.4. The third-order valence-corrected chi connectivity index (χ3v) is 5.16. The van der Waals surface area contributed by atoms with Gasteiger partial charge in [-0.15, -0.1) is 5.10 Å². The minimum atomic E-state index is 0.466. The van der Waals surface area contributed by atoms with Gasteiger partial charge < -0.3 is 15.5 Å². The second-order valence-corrected chi connectivity index (χ2v) is 7.50. The molecule has 6 nitrogen and oxygen atoms in total. The second kappa shape index (κ2) is 8.25. The van der Waals surface area contributed by atoms with Crippen molar-refractivity contribution in [2.24, 2.45) is 5.92 Å². The number of nitrogens with zero attached hydrogens (tertiary/aromatic N) is 4. The Morgan fingerprint density at radius 3 is 2.25 bits per heavy atom. The molecular formula is C22H26N6. The first-order valence-corrected chi connectivity index (χ1v) is 9.81. The minimum Gasteiger partial charge on any atom is -0.372 e. The van der Waals surface area contributed by atoms with Gasteiger partial charge in [-0.3, -0.25) is 0 Å². The number of hydrogen-bond acceptors (Lipinski definition) is 6. The van der Waals surface area contributed by atoms with Gasteiger partial charge in [-0.25, -0.2) is 0 Å². The largest absolute Gasteiger partial charge is 0.372 e. The summed E-state index contributed by atoms with van der Waals surface area (Å²) in [6, 6.07) is 16.6. The molecule has 0 radical (unpaired) electrons. The first kappa shape index (κ1) is 18.2. The summed E-state index contributed by atoms with van der Waals surface area (Å²) in [5, 5.41) is 14.6. The molecule has 2 N–H and O–H groups in total. The van der Waals surface area contributed by atoms with Crippen molar-refractivity contribution >= 4 is 28.8 Å². The molecule has 0 spiro atoms. The van der Waals surface area contributed by atoms with E-state index in [1.165, 1.54) is 24.1 Å². The molecule has 0 aliphatic carbocycles. The van der Waals surface area contributed by atoms with E-state index in [0.29, 0.717) is 11.8 Å². The van der Waals surface area contributed by atoms with Crippen molar-refractivity contribution in [3.8, 4) is 0 Å². The van der Waals surface area contributed by atoms with Crippen molar-refractivity contribution < 1.29 is 0 Å². The smallest absolute Gasteiger partial charge is 0.249 e. The van der Waals surface area contributed by atoms with Gasteiger partial charge >= 0.3 is 0 Å². The quantitative estimate of drug-likeness (QED) is 0.662. The van der Waals surface area contributed by atoms with E-state index in [4.69, 9.17) is 0 Å². The summed E-state index contributed by atoms with van der Waals surface area (Å²) >= 11 is 0. The van der Waals surface area contributed by atoms with Gasteiger partial charge in [0.2, 0.25) is 5.95 Å². The molecule has 0 bridgehead atoms. The van der Waals surface area contributed by atoms with E-state index in [9.17, 15) is 0 Å². The highest BCUT2D eigenvalue weighted by Gasteiger charge is 2.15. The molecule has 1 fully saturated rings. The monoisotopic (exact) mass is 374 g/mol. The van der Waals surface area contributed by atoms with Gasteiger partial charge in [-0.1, -0.05) is 24.6 Å². The van der Waals surface area contributed by atoms with Crippen LogP contribution in [0.3, 0.4) is 0 Å². The molecule has 6 heteroatoms. The predicted molar refractivity (Wildman–Crippen MR) is 115 cm³/mol. The van der Waals surface area contributed by atoms with Gasteiger partial charge in [0.1, 0.15) is 0 Å². The highest BCUT2D eigenvalue weighted by atomic mass is 15.3. The third-order valence-electron chi connectivity index (χ3n) is 5.16. The normalized spacial score (nSPS) is 14.7. The molecule has 0 atom stereocenters. The maximum atomic E-state index is 4.50. The molecule has 28 heavy (non-hydrogen) atoms. The van der Waals surface area contributed by atoms with E-state index in [1.807, 2.05) is 24.3 Å².